The van der Waals surface area contributed by atoms with E-state index in [1.807, 2.05) is 0 Å². The zero-order valence-corrected chi connectivity index (χ0v) is 9.53. The molecular weight excluding hydrogens is 203 g/mol. The largest absolute Gasteiger partial charge is 0.388 e. The van der Waals surface area contributed by atoms with Crippen LogP contribution in [-0.4, -0.2) is 5.11 Å². The minimum Gasteiger partial charge on any atom is -0.388 e. The van der Waals surface area contributed by atoms with Crippen molar-refractivity contribution in [3.63, 3.8) is 0 Å². The molecule has 0 radical (unpaired) electrons. The minimum absolute atomic E-state index is 0.239. The van der Waals surface area contributed by atoms with Gasteiger partial charge in [-0.25, -0.2) is 4.39 Å². The highest BCUT2D eigenvalue weighted by Gasteiger charge is 2.21. The summed E-state index contributed by atoms with van der Waals surface area (Å²) >= 11 is 0. The maximum atomic E-state index is 12.8. The van der Waals surface area contributed by atoms with Gasteiger partial charge in [0.2, 0.25) is 0 Å². The van der Waals surface area contributed by atoms with Gasteiger partial charge in [0.15, 0.2) is 0 Å². The average molecular weight is 222 g/mol. The predicted molar refractivity (Wildman–Crippen MR) is 62.6 cm³/mol. The van der Waals surface area contributed by atoms with E-state index in [1.54, 1.807) is 12.1 Å². The SMILES string of the molecule is O[C@@H](c1ccc(F)cc1)C1CCCCCC1. The molecule has 1 aliphatic carbocycles. The van der Waals surface area contributed by atoms with Gasteiger partial charge in [-0.15, -0.1) is 0 Å². The van der Waals surface area contributed by atoms with Crippen molar-refractivity contribution in [1.29, 1.82) is 0 Å². The molecule has 1 nitrogen and oxygen atoms in total. The minimum atomic E-state index is -0.418. The van der Waals surface area contributed by atoms with Crippen LogP contribution in [-0.2, 0) is 0 Å². The molecule has 1 atom stereocenters. The standard InChI is InChI=1S/C14H19FO/c15-13-9-7-12(8-10-13)14(16)11-5-3-1-2-4-6-11/h7-11,14,16H,1-6H2/t14-/m1/s1. The lowest BCUT2D eigenvalue weighted by Crippen LogP contribution is -2.11. The van der Waals surface area contributed by atoms with Crippen molar-refractivity contribution in [1.82, 2.24) is 0 Å². The third-order valence-electron chi connectivity index (χ3n) is 3.56. The Bertz CT molecular complexity index is 312. The molecule has 0 amide bonds. The number of hydrogen-bond acceptors (Lipinski definition) is 1. The van der Waals surface area contributed by atoms with Crippen LogP contribution in [0.4, 0.5) is 4.39 Å². The first-order chi connectivity index (χ1) is 7.77. The van der Waals surface area contributed by atoms with Crippen molar-refractivity contribution < 1.29 is 9.50 Å². The third kappa shape index (κ3) is 2.82. The maximum Gasteiger partial charge on any atom is 0.123 e. The van der Waals surface area contributed by atoms with E-state index < -0.39 is 6.10 Å². The van der Waals surface area contributed by atoms with Crippen molar-refractivity contribution in [3.05, 3.63) is 35.6 Å². The first kappa shape index (κ1) is 11.6. The summed E-state index contributed by atoms with van der Waals surface area (Å²) in [7, 11) is 0. The summed E-state index contributed by atoms with van der Waals surface area (Å²) in [5, 5.41) is 10.2. The molecular formula is C14H19FO. The van der Waals surface area contributed by atoms with Crippen LogP contribution in [0, 0.1) is 11.7 Å². The van der Waals surface area contributed by atoms with E-state index in [-0.39, 0.29) is 5.82 Å². The summed E-state index contributed by atoms with van der Waals surface area (Å²) in [6, 6.07) is 6.25. The molecule has 0 aromatic heterocycles. The topological polar surface area (TPSA) is 20.2 Å². The van der Waals surface area contributed by atoms with Gasteiger partial charge in [-0.2, -0.15) is 0 Å². The molecule has 1 aromatic rings. The van der Waals surface area contributed by atoms with Gasteiger partial charge in [-0.05, 0) is 36.5 Å². The van der Waals surface area contributed by atoms with Crippen LogP contribution >= 0.6 is 0 Å². The zero-order valence-electron chi connectivity index (χ0n) is 9.53. The Kier molecular flexibility index (Phi) is 3.94. The number of benzene rings is 1. The van der Waals surface area contributed by atoms with E-state index in [0.29, 0.717) is 5.92 Å². The fourth-order valence-corrected chi connectivity index (χ4v) is 2.56. The van der Waals surface area contributed by atoms with E-state index >= 15 is 0 Å². The molecule has 0 unspecified atom stereocenters. The second-order valence-corrected chi connectivity index (χ2v) is 4.75. The highest BCUT2D eigenvalue weighted by atomic mass is 19.1. The lowest BCUT2D eigenvalue weighted by molar-refractivity contribution is 0.0987. The Morgan fingerprint density at radius 3 is 2.12 bits per heavy atom. The van der Waals surface area contributed by atoms with Gasteiger partial charge in [0.25, 0.3) is 0 Å². The second kappa shape index (κ2) is 5.44. The first-order valence-electron chi connectivity index (χ1n) is 6.21. The summed E-state index contributed by atoms with van der Waals surface area (Å²) in [4.78, 5) is 0. The lowest BCUT2D eigenvalue weighted by Gasteiger charge is -2.21. The molecule has 0 spiro atoms. The Morgan fingerprint density at radius 2 is 1.56 bits per heavy atom. The van der Waals surface area contributed by atoms with E-state index in [9.17, 15) is 9.50 Å². The quantitative estimate of drug-likeness (QED) is 0.754. The van der Waals surface area contributed by atoms with Crippen LogP contribution in [0.15, 0.2) is 24.3 Å². The van der Waals surface area contributed by atoms with Gasteiger partial charge >= 0.3 is 0 Å². The van der Waals surface area contributed by atoms with Crippen molar-refractivity contribution in [2.45, 2.75) is 44.6 Å². The highest BCUT2D eigenvalue weighted by Crippen LogP contribution is 2.33. The normalized spacial score (nSPS) is 20.4. The molecule has 2 rings (SSSR count). The zero-order chi connectivity index (χ0) is 11.4. The molecule has 16 heavy (non-hydrogen) atoms. The van der Waals surface area contributed by atoms with Crippen molar-refractivity contribution in [2.75, 3.05) is 0 Å². The van der Waals surface area contributed by atoms with Gasteiger partial charge in [0.1, 0.15) is 5.82 Å². The van der Waals surface area contributed by atoms with Crippen LogP contribution in [0.2, 0.25) is 0 Å². The Morgan fingerprint density at radius 1 is 1.00 bits per heavy atom. The number of aliphatic hydroxyl groups is 1. The second-order valence-electron chi connectivity index (χ2n) is 4.75. The lowest BCUT2D eigenvalue weighted by atomic mass is 9.89. The molecule has 1 aliphatic rings. The van der Waals surface area contributed by atoms with Crippen molar-refractivity contribution >= 4 is 0 Å². The fourth-order valence-electron chi connectivity index (χ4n) is 2.56. The van der Waals surface area contributed by atoms with Crippen molar-refractivity contribution in [3.8, 4) is 0 Å². The molecule has 2 heteroatoms. The smallest absolute Gasteiger partial charge is 0.123 e. The predicted octanol–water partition coefficient (Wildman–Crippen LogP) is 3.83. The summed E-state index contributed by atoms with van der Waals surface area (Å²) < 4.78 is 12.8. The van der Waals surface area contributed by atoms with E-state index in [2.05, 4.69) is 0 Å². The van der Waals surface area contributed by atoms with Crippen molar-refractivity contribution in [2.24, 2.45) is 5.92 Å². The van der Waals surface area contributed by atoms with E-state index in [0.717, 1.165) is 18.4 Å². The fraction of sp³-hybridized carbons (Fsp3) is 0.571. The number of hydrogen-bond donors (Lipinski definition) is 1. The van der Waals surface area contributed by atoms with Crippen LogP contribution in [0.25, 0.3) is 0 Å². The molecule has 0 bridgehead atoms. The van der Waals surface area contributed by atoms with Gasteiger partial charge < -0.3 is 5.11 Å². The number of aliphatic hydroxyl groups excluding tert-OH is 1. The highest BCUT2D eigenvalue weighted by molar-refractivity contribution is 5.19. The van der Waals surface area contributed by atoms with Gasteiger partial charge in [0, 0.05) is 0 Å². The van der Waals surface area contributed by atoms with Gasteiger partial charge in [-0.1, -0.05) is 37.8 Å². The summed E-state index contributed by atoms with van der Waals surface area (Å²) in [6.45, 7) is 0. The number of rotatable bonds is 2. The van der Waals surface area contributed by atoms with Crippen LogP contribution in [0.5, 0.6) is 0 Å². The van der Waals surface area contributed by atoms with Crippen LogP contribution in [0.3, 0.4) is 0 Å². The summed E-state index contributed by atoms with van der Waals surface area (Å²) in [5.74, 6) is 0.116. The van der Waals surface area contributed by atoms with Gasteiger partial charge in [-0.3, -0.25) is 0 Å². The molecule has 0 heterocycles. The Labute approximate surface area is 96.3 Å². The van der Waals surface area contributed by atoms with E-state index in [4.69, 9.17) is 0 Å². The number of halogens is 1. The van der Waals surface area contributed by atoms with Crippen LogP contribution in [0.1, 0.15) is 50.2 Å². The summed E-state index contributed by atoms with van der Waals surface area (Å²) in [5.41, 5.74) is 0.855. The molecule has 88 valence electrons. The Hall–Kier alpha value is -0.890. The molecule has 0 aliphatic heterocycles. The first-order valence-corrected chi connectivity index (χ1v) is 6.21. The molecule has 1 fully saturated rings. The molecule has 1 saturated carbocycles. The van der Waals surface area contributed by atoms with E-state index in [1.165, 1.54) is 37.8 Å². The Balaban J connectivity index is 2.04. The average Bonchev–Trinajstić information content (AvgIpc) is 2.57. The third-order valence-corrected chi connectivity index (χ3v) is 3.56. The van der Waals surface area contributed by atoms with Gasteiger partial charge in [0.05, 0.1) is 6.10 Å². The molecule has 1 aromatic carbocycles. The monoisotopic (exact) mass is 222 g/mol. The van der Waals surface area contributed by atoms with Crippen LogP contribution < -0.4 is 0 Å². The summed E-state index contributed by atoms with van der Waals surface area (Å²) in [6.07, 6.45) is 6.76. The maximum absolute atomic E-state index is 12.8. The molecule has 0 saturated heterocycles. The molecule has 1 N–H and O–H groups in total.